The molecule has 3 aromatic heterocycles. The molecule has 3 rings (SSSR count). The quantitative estimate of drug-likeness (QED) is 0.277. The van der Waals surface area contributed by atoms with Crippen LogP contribution in [-0.2, 0) is 34.0 Å². The maximum absolute atomic E-state index is 10.3. The van der Waals surface area contributed by atoms with Gasteiger partial charge in [0.25, 0.3) is 0 Å². The van der Waals surface area contributed by atoms with Crippen LogP contribution in [0.5, 0.6) is 0 Å². The van der Waals surface area contributed by atoms with Crippen LogP contribution in [0.1, 0.15) is 55.4 Å². The molecule has 12 nitrogen and oxygen atoms in total. The van der Waals surface area contributed by atoms with E-state index in [1.807, 2.05) is 48.9 Å². The molecule has 0 amide bonds. The summed E-state index contributed by atoms with van der Waals surface area (Å²) in [5, 5.41) is 33.8. The van der Waals surface area contributed by atoms with Crippen molar-refractivity contribution < 1.29 is 39.2 Å². The molecule has 0 spiro atoms. The maximum Gasteiger partial charge on any atom is 0.336 e. The van der Waals surface area contributed by atoms with E-state index >= 15 is 0 Å². The van der Waals surface area contributed by atoms with Crippen molar-refractivity contribution in [3.05, 3.63) is 78.0 Å². The molecule has 0 aromatic carbocycles. The van der Waals surface area contributed by atoms with Gasteiger partial charge >= 0.3 is 17.9 Å². The lowest BCUT2D eigenvalue weighted by Gasteiger charge is -2.21. The van der Waals surface area contributed by atoms with Crippen LogP contribution >= 0.6 is 0 Å². The highest BCUT2D eigenvalue weighted by molar-refractivity contribution is 5.88. The third-order valence-electron chi connectivity index (χ3n) is 5.00. The van der Waals surface area contributed by atoms with Crippen LogP contribution < -0.4 is 0 Å². The lowest BCUT2D eigenvalue weighted by molar-refractivity contribution is -0.170. The lowest BCUT2D eigenvalue weighted by Crippen LogP contribution is -2.42. The van der Waals surface area contributed by atoms with E-state index in [1.54, 1.807) is 6.26 Å². The fourth-order valence-electron chi connectivity index (χ4n) is 3.23. The number of carbonyl (C=O) groups is 3. The van der Waals surface area contributed by atoms with Crippen LogP contribution in [0.15, 0.2) is 59.6 Å². The van der Waals surface area contributed by atoms with Crippen LogP contribution in [0, 0.1) is 0 Å². The average molecular weight is 515 g/mol. The molecule has 4 N–H and O–H groups in total. The topological polar surface area (TPSA) is 187 Å². The largest absolute Gasteiger partial charge is 0.481 e. The predicted molar refractivity (Wildman–Crippen MR) is 129 cm³/mol. The third-order valence-corrected chi connectivity index (χ3v) is 5.00. The molecule has 0 saturated heterocycles. The average Bonchev–Trinajstić information content (AvgIpc) is 3.32. The van der Waals surface area contributed by atoms with Gasteiger partial charge in [-0.15, -0.1) is 0 Å². The molecule has 198 valence electrons. The standard InChI is InChI=1S/C19H22N4O.C6H8O7/c1-15(2)19-21-10-16(11-22-19)12-23(14-18-7-5-9-24-18)13-17-6-3-4-8-20-17;7-3(8)1-6(13,5(11)12)2-4(9)10/h3-11,15H,12-14H2,1-2H3;13H,1-2H2,(H,7,8)(H,9,10)(H,11,12). The van der Waals surface area contributed by atoms with Gasteiger partial charge in [0.15, 0.2) is 5.60 Å². The molecule has 0 bridgehead atoms. The first kappa shape index (κ1) is 29.1. The van der Waals surface area contributed by atoms with Gasteiger partial charge in [0.05, 0.1) is 31.3 Å². The zero-order valence-electron chi connectivity index (χ0n) is 20.5. The Morgan fingerprint density at radius 2 is 1.57 bits per heavy atom. The van der Waals surface area contributed by atoms with Crippen molar-refractivity contribution in [1.29, 1.82) is 0 Å². The number of aliphatic hydroxyl groups is 1. The molecule has 3 heterocycles. The van der Waals surface area contributed by atoms with Crippen molar-refractivity contribution in [2.24, 2.45) is 0 Å². The Morgan fingerprint density at radius 3 is 2.03 bits per heavy atom. The molecular formula is C25H30N4O8. The molecule has 0 aliphatic rings. The van der Waals surface area contributed by atoms with Crippen LogP contribution in [-0.4, -0.2) is 63.8 Å². The van der Waals surface area contributed by atoms with Crippen molar-refractivity contribution >= 4 is 17.9 Å². The van der Waals surface area contributed by atoms with Crippen molar-refractivity contribution in [2.75, 3.05) is 0 Å². The van der Waals surface area contributed by atoms with E-state index in [9.17, 15) is 14.4 Å². The zero-order valence-corrected chi connectivity index (χ0v) is 20.5. The second kappa shape index (κ2) is 13.8. The van der Waals surface area contributed by atoms with E-state index in [1.165, 1.54) is 0 Å². The molecule has 12 heteroatoms. The Balaban J connectivity index is 0.000000317. The van der Waals surface area contributed by atoms with Gasteiger partial charge in [-0.3, -0.25) is 19.5 Å². The fraction of sp³-hybridized carbons (Fsp3) is 0.360. The summed E-state index contributed by atoms with van der Waals surface area (Å²) in [4.78, 5) is 46.1. The minimum Gasteiger partial charge on any atom is -0.481 e. The van der Waals surface area contributed by atoms with Gasteiger partial charge in [-0.25, -0.2) is 14.8 Å². The predicted octanol–water partition coefficient (Wildman–Crippen LogP) is 2.54. The van der Waals surface area contributed by atoms with Gasteiger partial charge in [0.2, 0.25) is 0 Å². The molecular weight excluding hydrogens is 484 g/mol. The van der Waals surface area contributed by atoms with E-state index < -0.39 is 36.4 Å². The van der Waals surface area contributed by atoms with E-state index in [4.69, 9.17) is 24.8 Å². The number of hydrogen-bond acceptors (Lipinski definition) is 9. The summed E-state index contributed by atoms with van der Waals surface area (Å²) in [6.45, 7) is 6.40. The number of hydrogen-bond donors (Lipinski definition) is 4. The summed E-state index contributed by atoms with van der Waals surface area (Å²) in [5.74, 6) is -2.87. The summed E-state index contributed by atoms with van der Waals surface area (Å²) in [7, 11) is 0. The lowest BCUT2D eigenvalue weighted by atomic mass is 9.96. The SMILES string of the molecule is CC(C)c1ncc(CN(Cc2ccccn2)Cc2ccco2)cn1.O=C(O)CC(O)(CC(=O)O)C(=O)O. The summed E-state index contributed by atoms with van der Waals surface area (Å²) in [6.07, 6.45) is 5.06. The second-order valence-electron chi connectivity index (χ2n) is 8.63. The first-order valence-electron chi connectivity index (χ1n) is 11.3. The third kappa shape index (κ3) is 10.2. The summed E-state index contributed by atoms with van der Waals surface area (Å²) < 4.78 is 5.50. The van der Waals surface area contributed by atoms with Gasteiger partial charge in [0.1, 0.15) is 11.6 Å². The van der Waals surface area contributed by atoms with E-state index in [-0.39, 0.29) is 0 Å². The van der Waals surface area contributed by atoms with Crippen LogP contribution in [0.2, 0.25) is 0 Å². The van der Waals surface area contributed by atoms with Gasteiger partial charge in [0, 0.05) is 43.2 Å². The summed E-state index contributed by atoms with van der Waals surface area (Å²) >= 11 is 0. The number of aliphatic carboxylic acids is 3. The summed E-state index contributed by atoms with van der Waals surface area (Å²) in [5.41, 5.74) is -0.622. The van der Waals surface area contributed by atoms with Crippen molar-refractivity contribution in [1.82, 2.24) is 19.9 Å². The van der Waals surface area contributed by atoms with Crippen LogP contribution in [0.3, 0.4) is 0 Å². The number of pyridine rings is 1. The van der Waals surface area contributed by atoms with E-state index in [2.05, 4.69) is 33.7 Å². The number of rotatable bonds is 12. The van der Waals surface area contributed by atoms with Gasteiger partial charge < -0.3 is 24.8 Å². The number of carboxylic acids is 3. The normalized spacial score (nSPS) is 11.2. The molecule has 0 aliphatic heterocycles. The Hall–Kier alpha value is -4.16. The Morgan fingerprint density at radius 1 is 0.919 bits per heavy atom. The number of carboxylic acid groups (broad SMARTS) is 3. The molecule has 0 unspecified atom stereocenters. The van der Waals surface area contributed by atoms with Gasteiger partial charge in [-0.05, 0) is 24.3 Å². The van der Waals surface area contributed by atoms with Crippen molar-refractivity contribution in [2.45, 2.75) is 57.8 Å². The Bertz CT molecular complexity index is 1120. The molecule has 3 aromatic rings. The van der Waals surface area contributed by atoms with Crippen molar-refractivity contribution in [3.63, 3.8) is 0 Å². The molecule has 0 radical (unpaired) electrons. The highest BCUT2D eigenvalue weighted by atomic mass is 16.4. The fourth-order valence-corrected chi connectivity index (χ4v) is 3.23. The first-order chi connectivity index (χ1) is 17.5. The molecule has 0 aliphatic carbocycles. The molecule has 0 fully saturated rings. The van der Waals surface area contributed by atoms with Crippen molar-refractivity contribution in [3.8, 4) is 0 Å². The summed E-state index contributed by atoms with van der Waals surface area (Å²) in [6, 6.07) is 9.87. The number of aromatic nitrogens is 3. The smallest absolute Gasteiger partial charge is 0.336 e. The monoisotopic (exact) mass is 514 g/mol. The van der Waals surface area contributed by atoms with Crippen LogP contribution in [0.4, 0.5) is 0 Å². The maximum atomic E-state index is 10.3. The Labute approximate surface area is 213 Å². The van der Waals surface area contributed by atoms with Crippen LogP contribution in [0.25, 0.3) is 0 Å². The van der Waals surface area contributed by atoms with E-state index in [0.717, 1.165) is 42.5 Å². The zero-order chi connectivity index (χ0) is 27.4. The second-order valence-corrected chi connectivity index (χ2v) is 8.63. The first-order valence-corrected chi connectivity index (χ1v) is 11.3. The van der Waals surface area contributed by atoms with Gasteiger partial charge in [-0.2, -0.15) is 0 Å². The minimum absolute atomic E-state index is 0.340. The minimum atomic E-state index is -2.74. The highest BCUT2D eigenvalue weighted by Crippen LogP contribution is 2.16. The van der Waals surface area contributed by atoms with Gasteiger partial charge in [-0.1, -0.05) is 19.9 Å². The number of furan rings is 1. The molecule has 0 saturated carbocycles. The highest BCUT2D eigenvalue weighted by Gasteiger charge is 2.40. The Kier molecular flexibility index (Phi) is 10.8. The van der Waals surface area contributed by atoms with E-state index in [0.29, 0.717) is 5.92 Å². The molecule has 0 atom stereocenters. The molecule has 37 heavy (non-hydrogen) atoms. The number of nitrogens with zero attached hydrogens (tertiary/aromatic N) is 4.